The summed E-state index contributed by atoms with van der Waals surface area (Å²) in [5.74, 6) is 7.54. The van der Waals surface area contributed by atoms with E-state index in [1.807, 2.05) is 36.4 Å². The molecule has 1 aromatic heterocycles. The zero-order chi connectivity index (χ0) is 15.3. The molecule has 5 nitrogen and oxygen atoms in total. The SMILES string of the molecule is CCCC(C)(C)Nc1cc(NN)nc(-c2ccccc2)n1. The van der Waals surface area contributed by atoms with Crippen LogP contribution in [0.2, 0.25) is 0 Å². The highest BCUT2D eigenvalue weighted by Gasteiger charge is 2.17. The molecule has 0 unspecified atom stereocenters. The van der Waals surface area contributed by atoms with Crippen LogP contribution in [0, 0.1) is 0 Å². The van der Waals surface area contributed by atoms with Crippen LogP contribution >= 0.6 is 0 Å². The van der Waals surface area contributed by atoms with Crippen molar-refractivity contribution in [1.82, 2.24) is 9.97 Å². The van der Waals surface area contributed by atoms with Crippen LogP contribution in [-0.2, 0) is 0 Å². The van der Waals surface area contributed by atoms with E-state index in [1.54, 1.807) is 0 Å². The lowest BCUT2D eigenvalue weighted by Gasteiger charge is -2.26. The number of benzene rings is 1. The number of rotatable bonds is 6. The highest BCUT2D eigenvalue weighted by atomic mass is 15.3. The lowest BCUT2D eigenvalue weighted by atomic mass is 9.99. The molecule has 2 aromatic rings. The van der Waals surface area contributed by atoms with Crippen LogP contribution in [0.4, 0.5) is 11.6 Å². The Morgan fingerprint density at radius 3 is 2.38 bits per heavy atom. The first-order valence-corrected chi connectivity index (χ1v) is 7.23. The van der Waals surface area contributed by atoms with Gasteiger partial charge in [0, 0.05) is 17.2 Å². The maximum atomic E-state index is 5.52. The molecule has 0 aliphatic rings. The van der Waals surface area contributed by atoms with Gasteiger partial charge in [-0.15, -0.1) is 0 Å². The molecule has 2 rings (SSSR count). The number of hydrogen-bond donors (Lipinski definition) is 3. The standard InChI is InChI=1S/C16H23N5/c1-4-10-16(2,3)20-13-11-14(21-17)19-15(18-13)12-8-6-5-7-9-12/h5-9,11H,4,10,17H2,1-3H3,(H2,18,19,20,21). The topological polar surface area (TPSA) is 75.9 Å². The predicted octanol–water partition coefficient (Wildman–Crippen LogP) is 3.42. The number of hydrazine groups is 1. The normalized spacial score (nSPS) is 11.2. The van der Waals surface area contributed by atoms with Crippen molar-refractivity contribution >= 4 is 11.6 Å². The van der Waals surface area contributed by atoms with E-state index in [0.29, 0.717) is 11.6 Å². The lowest BCUT2D eigenvalue weighted by molar-refractivity contribution is 0.509. The molecule has 0 aliphatic heterocycles. The van der Waals surface area contributed by atoms with Crippen LogP contribution in [0.15, 0.2) is 36.4 Å². The Bertz CT molecular complexity index is 580. The maximum Gasteiger partial charge on any atom is 0.163 e. The van der Waals surface area contributed by atoms with Crippen molar-refractivity contribution in [2.45, 2.75) is 39.2 Å². The number of nitrogens with one attached hydrogen (secondary N) is 2. The fraction of sp³-hybridized carbons (Fsp3) is 0.375. The van der Waals surface area contributed by atoms with Crippen LogP contribution < -0.4 is 16.6 Å². The van der Waals surface area contributed by atoms with E-state index in [0.717, 1.165) is 24.2 Å². The van der Waals surface area contributed by atoms with Gasteiger partial charge in [0.2, 0.25) is 0 Å². The van der Waals surface area contributed by atoms with Crippen molar-refractivity contribution in [3.8, 4) is 11.4 Å². The van der Waals surface area contributed by atoms with Crippen molar-refractivity contribution in [3.05, 3.63) is 36.4 Å². The Morgan fingerprint density at radius 2 is 1.76 bits per heavy atom. The third kappa shape index (κ3) is 4.16. The first-order chi connectivity index (χ1) is 10.0. The Morgan fingerprint density at radius 1 is 1.10 bits per heavy atom. The average molecular weight is 285 g/mol. The lowest BCUT2D eigenvalue weighted by Crippen LogP contribution is -2.31. The zero-order valence-corrected chi connectivity index (χ0v) is 12.9. The van der Waals surface area contributed by atoms with Crippen LogP contribution in [0.3, 0.4) is 0 Å². The summed E-state index contributed by atoms with van der Waals surface area (Å²) < 4.78 is 0. The minimum Gasteiger partial charge on any atom is -0.365 e. The molecule has 4 N–H and O–H groups in total. The highest BCUT2D eigenvalue weighted by Crippen LogP contribution is 2.23. The van der Waals surface area contributed by atoms with Crippen molar-refractivity contribution in [1.29, 1.82) is 0 Å². The van der Waals surface area contributed by atoms with Gasteiger partial charge in [0.05, 0.1) is 0 Å². The summed E-state index contributed by atoms with van der Waals surface area (Å²) >= 11 is 0. The molecule has 5 heteroatoms. The second kappa shape index (κ2) is 6.54. The molecular formula is C16H23N5. The molecule has 0 saturated heterocycles. The summed E-state index contributed by atoms with van der Waals surface area (Å²) in [6.07, 6.45) is 2.17. The number of nitrogens with two attached hydrogens (primary N) is 1. The third-order valence-electron chi connectivity index (χ3n) is 3.25. The molecule has 0 saturated carbocycles. The minimum absolute atomic E-state index is 0.0249. The largest absolute Gasteiger partial charge is 0.365 e. The third-order valence-corrected chi connectivity index (χ3v) is 3.25. The Kier molecular flexibility index (Phi) is 4.75. The van der Waals surface area contributed by atoms with Gasteiger partial charge in [-0.25, -0.2) is 15.8 Å². The van der Waals surface area contributed by atoms with Gasteiger partial charge in [0.1, 0.15) is 11.6 Å². The molecule has 0 amide bonds. The van der Waals surface area contributed by atoms with Crippen LogP contribution in [0.5, 0.6) is 0 Å². The van der Waals surface area contributed by atoms with Crippen molar-refractivity contribution < 1.29 is 0 Å². The maximum absolute atomic E-state index is 5.52. The molecule has 1 aromatic carbocycles. The van der Waals surface area contributed by atoms with E-state index in [9.17, 15) is 0 Å². The zero-order valence-electron chi connectivity index (χ0n) is 12.9. The minimum atomic E-state index is -0.0249. The summed E-state index contributed by atoms with van der Waals surface area (Å²) in [7, 11) is 0. The van der Waals surface area contributed by atoms with Crippen LogP contribution in [0.25, 0.3) is 11.4 Å². The van der Waals surface area contributed by atoms with E-state index in [4.69, 9.17) is 5.84 Å². The number of anilines is 2. The number of nitrogen functional groups attached to an aromatic ring is 1. The first-order valence-electron chi connectivity index (χ1n) is 7.23. The summed E-state index contributed by atoms with van der Waals surface area (Å²) in [4.78, 5) is 9.01. The van der Waals surface area contributed by atoms with Crippen molar-refractivity contribution in [3.63, 3.8) is 0 Å². The second-order valence-corrected chi connectivity index (χ2v) is 5.73. The summed E-state index contributed by atoms with van der Waals surface area (Å²) in [6.45, 7) is 6.50. The van der Waals surface area contributed by atoms with E-state index in [1.165, 1.54) is 0 Å². The van der Waals surface area contributed by atoms with Gasteiger partial charge in [0.25, 0.3) is 0 Å². The molecule has 0 atom stereocenters. The monoisotopic (exact) mass is 285 g/mol. The fourth-order valence-electron chi connectivity index (χ4n) is 2.34. The van der Waals surface area contributed by atoms with Gasteiger partial charge >= 0.3 is 0 Å². The van der Waals surface area contributed by atoms with Crippen LogP contribution in [-0.4, -0.2) is 15.5 Å². The van der Waals surface area contributed by atoms with E-state index in [-0.39, 0.29) is 5.54 Å². The number of aromatic nitrogens is 2. The predicted molar refractivity (Wildman–Crippen MR) is 87.9 cm³/mol. The number of nitrogens with zero attached hydrogens (tertiary/aromatic N) is 2. The van der Waals surface area contributed by atoms with Crippen molar-refractivity contribution in [2.75, 3.05) is 10.7 Å². The summed E-state index contributed by atoms with van der Waals surface area (Å²) in [5.41, 5.74) is 3.54. The van der Waals surface area contributed by atoms with Crippen molar-refractivity contribution in [2.24, 2.45) is 5.84 Å². The van der Waals surface area contributed by atoms with E-state index >= 15 is 0 Å². The molecule has 0 radical (unpaired) electrons. The molecule has 0 spiro atoms. The summed E-state index contributed by atoms with van der Waals surface area (Å²) in [6, 6.07) is 11.7. The smallest absolute Gasteiger partial charge is 0.163 e. The molecule has 112 valence electrons. The Labute approximate surface area is 126 Å². The molecule has 1 heterocycles. The molecular weight excluding hydrogens is 262 g/mol. The van der Waals surface area contributed by atoms with Gasteiger partial charge < -0.3 is 10.7 Å². The Hall–Kier alpha value is -2.14. The van der Waals surface area contributed by atoms with Gasteiger partial charge in [-0.2, -0.15) is 0 Å². The van der Waals surface area contributed by atoms with Gasteiger partial charge in [0.15, 0.2) is 5.82 Å². The van der Waals surface area contributed by atoms with E-state index in [2.05, 4.69) is 41.5 Å². The highest BCUT2D eigenvalue weighted by molar-refractivity contribution is 5.61. The fourth-order valence-corrected chi connectivity index (χ4v) is 2.34. The average Bonchev–Trinajstić information content (AvgIpc) is 2.47. The Balaban J connectivity index is 2.34. The molecule has 21 heavy (non-hydrogen) atoms. The van der Waals surface area contributed by atoms with E-state index < -0.39 is 0 Å². The van der Waals surface area contributed by atoms with Gasteiger partial charge in [-0.05, 0) is 20.3 Å². The summed E-state index contributed by atoms with van der Waals surface area (Å²) in [5, 5.41) is 3.46. The van der Waals surface area contributed by atoms with Gasteiger partial charge in [-0.1, -0.05) is 43.7 Å². The molecule has 0 fully saturated rings. The molecule has 0 aliphatic carbocycles. The van der Waals surface area contributed by atoms with Gasteiger partial charge in [-0.3, -0.25) is 0 Å². The quantitative estimate of drug-likeness (QED) is 0.560. The number of hydrogen-bond acceptors (Lipinski definition) is 5. The molecule has 0 bridgehead atoms. The first kappa shape index (κ1) is 15.3. The second-order valence-electron chi connectivity index (χ2n) is 5.73. The van der Waals surface area contributed by atoms with Crippen LogP contribution in [0.1, 0.15) is 33.6 Å².